The quantitative estimate of drug-likeness (QED) is 0.525. The smallest absolute Gasteiger partial charge is 0.101 e. The van der Waals surface area contributed by atoms with Crippen molar-refractivity contribution < 1.29 is 0 Å². The highest BCUT2D eigenvalue weighted by Gasteiger charge is 2.01. The molecule has 0 atom stereocenters. The van der Waals surface area contributed by atoms with Crippen LogP contribution in [0.2, 0.25) is 10.0 Å². The molecule has 0 unspecified atom stereocenters. The predicted molar refractivity (Wildman–Crippen MR) is 77.9 cm³/mol. The molecule has 0 aliphatic rings. The molecule has 88 valence electrons. The van der Waals surface area contributed by atoms with Crippen LogP contribution in [0.15, 0.2) is 53.5 Å². The zero-order valence-corrected chi connectivity index (χ0v) is 10.9. The van der Waals surface area contributed by atoms with E-state index in [-0.39, 0.29) is 0 Å². The molecule has 0 saturated carbocycles. The van der Waals surface area contributed by atoms with Crippen molar-refractivity contribution in [3.8, 4) is 11.8 Å². The molecule has 0 heterocycles. The van der Waals surface area contributed by atoms with Gasteiger partial charge in [-0.3, -0.25) is 0 Å². The first kappa shape index (κ1) is 12.7. The van der Waals surface area contributed by atoms with Crippen LogP contribution in [-0.2, 0) is 0 Å². The van der Waals surface area contributed by atoms with Gasteiger partial charge in [-0.2, -0.15) is 0 Å². The van der Waals surface area contributed by atoms with E-state index in [2.05, 4.69) is 16.8 Å². The molecule has 0 spiro atoms. The molecule has 0 aromatic heterocycles. The molecular weight excluding hydrogens is 265 g/mol. The fourth-order valence-corrected chi connectivity index (χ4v) is 1.84. The van der Waals surface area contributed by atoms with Crippen LogP contribution in [0.4, 0.5) is 5.69 Å². The number of benzene rings is 2. The van der Waals surface area contributed by atoms with Gasteiger partial charge in [0.05, 0.1) is 16.3 Å². The second-order valence-corrected chi connectivity index (χ2v) is 4.28. The fraction of sp³-hybridized carbons (Fsp3) is 0. The van der Waals surface area contributed by atoms with Crippen molar-refractivity contribution in [2.75, 3.05) is 0 Å². The summed E-state index contributed by atoms with van der Waals surface area (Å²) in [5.41, 5.74) is 1.48. The van der Waals surface area contributed by atoms with Gasteiger partial charge in [0.1, 0.15) is 5.69 Å². The Balaban J connectivity index is 2.16. The van der Waals surface area contributed by atoms with Crippen molar-refractivity contribution in [1.29, 1.82) is 0 Å². The molecule has 2 aromatic rings. The zero-order valence-electron chi connectivity index (χ0n) is 9.40. The Morgan fingerprint density at radius 2 is 1.56 bits per heavy atom. The second kappa shape index (κ2) is 6.26. The Bertz CT molecular complexity index is 602. The molecule has 0 saturated heterocycles. The van der Waals surface area contributed by atoms with Crippen molar-refractivity contribution in [2.24, 2.45) is 4.99 Å². The van der Waals surface area contributed by atoms with Crippen molar-refractivity contribution in [2.45, 2.75) is 0 Å². The summed E-state index contributed by atoms with van der Waals surface area (Å²) in [4.78, 5) is 4.16. The number of hydrogen-bond donors (Lipinski definition) is 0. The average molecular weight is 274 g/mol. The molecule has 2 rings (SSSR count). The molecule has 3 heteroatoms. The Hall–Kier alpha value is -1.75. The molecule has 0 fully saturated rings. The maximum atomic E-state index is 5.98. The molecule has 2 aromatic carbocycles. The van der Waals surface area contributed by atoms with Crippen molar-refractivity contribution >= 4 is 35.1 Å². The van der Waals surface area contributed by atoms with E-state index in [0.29, 0.717) is 15.7 Å². The Morgan fingerprint density at radius 1 is 0.889 bits per heavy atom. The van der Waals surface area contributed by atoms with Gasteiger partial charge in [0.2, 0.25) is 0 Å². The van der Waals surface area contributed by atoms with E-state index in [0.717, 1.165) is 5.56 Å². The van der Waals surface area contributed by atoms with E-state index in [4.69, 9.17) is 23.2 Å². The van der Waals surface area contributed by atoms with E-state index >= 15 is 0 Å². The SMILES string of the molecule is Clc1cccc(Cl)c1N=CC#Cc1ccccc1. The van der Waals surface area contributed by atoms with Crippen LogP contribution in [0.3, 0.4) is 0 Å². The van der Waals surface area contributed by atoms with Gasteiger partial charge in [-0.1, -0.05) is 53.4 Å². The topological polar surface area (TPSA) is 12.4 Å². The Kier molecular flexibility index (Phi) is 4.41. The summed E-state index contributed by atoms with van der Waals surface area (Å²) in [6, 6.07) is 14.9. The monoisotopic (exact) mass is 273 g/mol. The maximum Gasteiger partial charge on any atom is 0.101 e. The minimum Gasteiger partial charge on any atom is -0.245 e. The number of para-hydroxylation sites is 1. The Morgan fingerprint density at radius 3 is 2.22 bits per heavy atom. The highest BCUT2D eigenvalue weighted by molar-refractivity contribution is 6.38. The summed E-state index contributed by atoms with van der Waals surface area (Å²) >= 11 is 12.0. The number of rotatable bonds is 1. The van der Waals surface area contributed by atoms with E-state index < -0.39 is 0 Å². The van der Waals surface area contributed by atoms with Gasteiger partial charge in [-0.25, -0.2) is 4.99 Å². The lowest BCUT2D eigenvalue weighted by Gasteiger charge is -1.98. The van der Waals surface area contributed by atoms with Gasteiger partial charge in [0.25, 0.3) is 0 Å². The third-order valence-corrected chi connectivity index (χ3v) is 2.80. The van der Waals surface area contributed by atoms with Gasteiger partial charge in [-0.15, -0.1) is 0 Å². The number of nitrogens with zero attached hydrogens (tertiary/aromatic N) is 1. The van der Waals surface area contributed by atoms with Crippen molar-refractivity contribution in [3.05, 3.63) is 64.1 Å². The van der Waals surface area contributed by atoms with Crippen LogP contribution in [0.25, 0.3) is 0 Å². The van der Waals surface area contributed by atoms with Crippen LogP contribution >= 0.6 is 23.2 Å². The molecule has 0 N–H and O–H groups in total. The van der Waals surface area contributed by atoms with E-state index in [1.54, 1.807) is 18.2 Å². The lowest BCUT2D eigenvalue weighted by molar-refractivity contribution is 1.54. The molecule has 18 heavy (non-hydrogen) atoms. The number of halogens is 2. The molecule has 0 radical (unpaired) electrons. The Labute approximate surface area is 116 Å². The molecular formula is C15H9Cl2N. The summed E-state index contributed by atoms with van der Waals surface area (Å²) in [5, 5.41) is 1.03. The van der Waals surface area contributed by atoms with Gasteiger partial charge >= 0.3 is 0 Å². The summed E-state index contributed by atoms with van der Waals surface area (Å²) in [5.74, 6) is 5.81. The fourth-order valence-electron chi connectivity index (χ4n) is 1.35. The first-order valence-electron chi connectivity index (χ1n) is 5.30. The third-order valence-electron chi connectivity index (χ3n) is 2.19. The van der Waals surface area contributed by atoms with Gasteiger partial charge < -0.3 is 0 Å². The third kappa shape index (κ3) is 3.37. The summed E-state index contributed by atoms with van der Waals surface area (Å²) < 4.78 is 0. The first-order valence-corrected chi connectivity index (χ1v) is 6.06. The highest BCUT2D eigenvalue weighted by atomic mass is 35.5. The van der Waals surface area contributed by atoms with E-state index in [1.165, 1.54) is 6.21 Å². The highest BCUT2D eigenvalue weighted by Crippen LogP contribution is 2.32. The van der Waals surface area contributed by atoms with Gasteiger partial charge in [-0.05, 0) is 30.2 Å². The normalized spacial score (nSPS) is 10.1. The van der Waals surface area contributed by atoms with Crippen LogP contribution in [0, 0.1) is 11.8 Å². The van der Waals surface area contributed by atoms with E-state index in [1.807, 2.05) is 30.3 Å². The van der Waals surface area contributed by atoms with Crippen LogP contribution in [0.1, 0.15) is 5.56 Å². The molecule has 0 aliphatic carbocycles. The number of hydrogen-bond acceptors (Lipinski definition) is 1. The van der Waals surface area contributed by atoms with Gasteiger partial charge in [0.15, 0.2) is 0 Å². The lowest BCUT2D eigenvalue weighted by atomic mass is 10.2. The standard InChI is InChI=1S/C15H9Cl2N/c16-13-9-4-10-14(17)15(13)18-11-5-8-12-6-2-1-3-7-12/h1-4,6-7,9-11H. The van der Waals surface area contributed by atoms with Crippen LogP contribution in [-0.4, -0.2) is 6.21 Å². The predicted octanol–water partition coefficient (Wildman–Crippen LogP) is 4.75. The summed E-state index contributed by atoms with van der Waals surface area (Å²) in [6.07, 6.45) is 1.50. The maximum absolute atomic E-state index is 5.98. The summed E-state index contributed by atoms with van der Waals surface area (Å²) in [7, 11) is 0. The van der Waals surface area contributed by atoms with Gasteiger partial charge in [0, 0.05) is 5.56 Å². The molecule has 1 nitrogen and oxygen atoms in total. The molecule has 0 amide bonds. The summed E-state index contributed by atoms with van der Waals surface area (Å²) in [6.45, 7) is 0. The zero-order chi connectivity index (χ0) is 12.8. The molecule has 0 aliphatic heterocycles. The average Bonchev–Trinajstić information content (AvgIpc) is 2.38. The van der Waals surface area contributed by atoms with Crippen molar-refractivity contribution in [3.63, 3.8) is 0 Å². The first-order chi connectivity index (χ1) is 8.77. The number of aliphatic imine (C=N–C) groups is 1. The molecule has 0 bridgehead atoms. The second-order valence-electron chi connectivity index (χ2n) is 3.46. The minimum atomic E-state index is 0.514. The van der Waals surface area contributed by atoms with E-state index in [9.17, 15) is 0 Å². The lowest BCUT2D eigenvalue weighted by Crippen LogP contribution is -1.74. The van der Waals surface area contributed by atoms with Crippen LogP contribution in [0.5, 0.6) is 0 Å². The van der Waals surface area contributed by atoms with Crippen molar-refractivity contribution in [1.82, 2.24) is 0 Å². The van der Waals surface area contributed by atoms with Crippen LogP contribution < -0.4 is 0 Å². The minimum absolute atomic E-state index is 0.514. The largest absolute Gasteiger partial charge is 0.245 e.